The highest BCUT2D eigenvalue weighted by Crippen LogP contribution is 2.60. The largest absolute Gasteiger partial charge is 0.468 e. The van der Waals surface area contributed by atoms with Crippen molar-refractivity contribution in [2.75, 3.05) is 19.5 Å². The quantitative estimate of drug-likeness (QED) is 0.607. The first-order chi connectivity index (χ1) is 6.98. The molecule has 2 atom stereocenters. The van der Waals surface area contributed by atoms with E-state index in [9.17, 15) is 9.36 Å². The lowest BCUT2D eigenvalue weighted by atomic mass is 10.1. The molecule has 0 spiro atoms. The van der Waals surface area contributed by atoms with E-state index in [-0.39, 0.29) is 5.92 Å². The molecule has 1 heterocycles. The third-order valence-corrected chi connectivity index (χ3v) is 6.03. The van der Waals surface area contributed by atoms with Gasteiger partial charge in [-0.05, 0) is 5.92 Å². The summed E-state index contributed by atoms with van der Waals surface area (Å²) in [5, 5.41) is 2.76. The Morgan fingerprint density at radius 2 is 2.27 bits per heavy atom. The van der Waals surface area contributed by atoms with Crippen LogP contribution in [0, 0.1) is 5.92 Å². The van der Waals surface area contributed by atoms with Gasteiger partial charge in [-0.25, -0.2) is 5.09 Å². The lowest BCUT2D eigenvalue weighted by Crippen LogP contribution is -2.39. The van der Waals surface area contributed by atoms with E-state index in [1.165, 1.54) is 18.5 Å². The van der Waals surface area contributed by atoms with Gasteiger partial charge in [0.25, 0.3) is 0 Å². The summed E-state index contributed by atoms with van der Waals surface area (Å²) in [6.07, 6.45) is 0. The molecule has 0 radical (unpaired) electrons. The number of nitrogens with one attached hydrogen (secondary N) is 1. The first-order valence-electron chi connectivity index (χ1n) is 4.73. The average molecular weight is 253 g/mol. The van der Waals surface area contributed by atoms with Crippen molar-refractivity contribution >= 4 is 24.1 Å². The van der Waals surface area contributed by atoms with Crippen molar-refractivity contribution in [2.45, 2.75) is 19.9 Å². The molecule has 5 nitrogen and oxygen atoms in total. The molecule has 0 aromatic carbocycles. The van der Waals surface area contributed by atoms with Crippen molar-refractivity contribution in [3.8, 4) is 0 Å². The summed E-state index contributed by atoms with van der Waals surface area (Å²) < 4.78 is 21.7. The van der Waals surface area contributed by atoms with Gasteiger partial charge in [-0.2, -0.15) is 0 Å². The number of carbonyl (C=O) groups excluding carboxylic acids is 1. The Morgan fingerprint density at radius 1 is 1.60 bits per heavy atom. The predicted molar refractivity (Wildman–Crippen MR) is 59.8 cm³/mol. The van der Waals surface area contributed by atoms with Crippen LogP contribution in [0.15, 0.2) is 0 Å². The summed E-state index contributed by atoms with van der Waals surface area (Å²) in [4.78, 5) is 11.4. The predicted octanol–water partition coefficient (Wildman–Crippen LogP) is 1.65. The van der Waals surface area contributed by atoms with Gasteiger partial charge in [0.05, 0.1) is 13.7 Å². The first-order valence-corrected chi connectivity index (χ1v) is 7.95. The second-order valence-electron chi connectivity index (χ2n) is 3.54. The Hall–Kier alpha value is -0.0300. The highest BCUT2D eigenvalue weighted by molar-refractivity contribution is 8.56. The normalized spacial score (nSPS) is 28.0. The van der Waals surface area contributed by atoms with Gasteiger partial charge in [-0.15, -0.1) is 0 Å². The van der Waals surface area contributed by atoms with Crippen LogP contribution in [-0.2, 0) is 18.6 Å². The van der Waals surface area contributed by atoms with Crippen LogP contribution in [-0.4, -0.2) is 31.5 Å². The Labute approximate surface area is 93.5 Å². The minimum atomic E-state index is -2.88. The summed E-state index contributed by atoms with van der Waals surface area (Å²) in [6.45, 7) is 1.30. The van der Waals surface area contributed by atoms with Crippen LogP contribution in [0.4, 0.5) is 0 Å². The number of hydrogen-bond donors (Lipinski definition) is 1. The summed E-state index contributed by atoms with van der Waals surface area (Å²) >= 11 is 1.23. The monoisotopic (exact) mass is 253 g/mol. The second-order valence-corrected chi connectivity index (χ2v) is 7.93. The first kappa shape index (κ1) is 13.0. The van der Waals surface area contributed by atoms with Crippen LogP contribution in [0.5, 0.6) is 0 Å². The van der Waals surface area contributed by atoms with E-state index < -0.39 is 18.7 Å². The Kier molecular flexibility index (Phi) is 4.64. The van der Waals surface area contributed by atoms with Gasteiger partial charge in [0.2, 0.25) is 0 Å². The Morgan fingerprint density at radius 3 is 2.67 bits per heavy atom. The number of carbonyl (C=O) groups is 1. The number of esters is 1. The molecule has 1 rings (SSSR count). The van der Waals surface area contributed by atoms with Crippen molar-refractivity contribution in [2.24, 2.45) is 5.92 Å². The summed E-state index contributed by atoms with van der Waals surface area (Å²) in [5.41, 5.74) is 0. The van der Waals surface area contributed by atoms with Gasteiger partial charge in [0.15, 0.2) is 0 Å². The van der Waals surface area contributed by atoms with Crippen molar-refractivity contribution in [3.63, 3.8) is 0 Å². The lowest BCUT2D eigenvalue weighted by Gasteiger charge is -2.22. The van der Waals surface area contributed by atoms with Crippen molar-refractivity contribution in [3.05, 3.63) is 0 Å². The third-order valence-electron chi connectivity index (χ3n) is 2.02. The zero-order valence-corrected chi connectivity index (χ0v) is 10.8. The molecule has 0 amide bonds. The molecular weight excluding hydrogens is 237 g/mol. The standard InChI is InChI=1S/C8H16NO4PS/c1-6(2)7(8(10)12-3)9-14(11)13-4-5-15-14/h6-7H,4-5H2,1-3H3,(H,9,11)/t7-,14?/m0/s1. The van der Waals surface area contributed by atoms with Gasteiger partial charge in [-0.1, -0.05) is 25.2 Å². The number of rotatable bonds is 4. The van der Waals surface area contributed by atoms with Crippen molar-refractivity contribution in [1.82, 2.24) is 5.09 Å². The van der Waals surface area contributed by atoms with Crippen LogP contribution in [0.3, 0.4) is 0 Å². The van der Waals surface area contributed by atoms with Gasteiger partial charge < -0.3 is 9.26 Å². The molecule has 1 aliphatic heterocycles. The number of methoxy groups -OCH3 is 1. The topological polar surface area (TPSA) is 64.6 Å². The van der Waals surface area contributed by atoms with Gasteiger partial charge in [0.1, 0.15) is 6.04 Å². The van der Waals surface area contributed by atoms with E-state index in [0.717, 1.165) is 0 Å². The zero-order chi connectivity index (χ0) is 11.5. The van der Waals surface area contributed by atoms with Crippen LogP contribution < -0.4 is 5.09 Å². The average Bonchev–Trinajstić information content (AvgIpc) is 2.60. The lowest BCUT2D eigenvalue weighted by molar-refractivity contribution is -0.143. The molecule has 15 heavy (non-hydrogen) atoms. The van der Waals surface area contributed by atoms with Gasteiger partial charge in [-0.3, -0.25) is 9.36 Å². The molecule has 7 heteroatoms. The van der Waals surface area contributed by atoms with Gasteiger partial charge >= 0.3 is 12.7 Å². The Balaban J connectivity index is 2.66. The summed E-state index contributed by atoms with van der Waals surface area (Å²) in [6, 6.07) is -0.577. The van der Waals surface area contributed by atoms with Crippen molar-refractivity contribution in [1.29, 1.82) is 0 Å². The van der Waals surface area contributed by atoms with Crippen LogP contribution in [0.1, 0.15) is 13.8 Å². The number of hydrogen-bond acceptors (Lipinski definition) is 5. The molecule has 0 aromatic heterocycles. The maximum atomic E-state index is 12.0. The van der Waals surface area contributed by atoms with E-state index in [1.54, 1.807) is 0 Å². The van der Waals surface area contributed by atoms with E-state index in [2.05, 4.69) is 9.82 Å². The maximum Gasteiger partial charge on any atom is 0.327 e. The molecule has 1 fully saturated rings. The van der Waals surface area contributed by atoms with Gasteiger partial charge in [0, 0.05) is 5.75 Å². The molecule has 0 bridgehead atoms. The molecule has 1 N–H and O–H groups in total. The minimum Gasteiger partial charge on any atom is -0.468 e. The molecule has 0 aromatic rings. The summed E-state index contributed by atoms with van der Waals surface area (Å²) in [5.74, 6) is 0.292. The maximum absolute atomic E-state index is 12.0. The van der Waals surface area contributed by atoms with Crippen molar-refractivity contribution < 1.29 is 18.6 Å². The molecule has 1 unspecified atom stereocenters. The molecule has 88 valence electrons. The number of ether oxygens (including phenoxy) is 1. The molecule has 0 aliphatic carbocycles. The van der Waals surface area contributed by atoms with E-state index in [0.29, 0.717) is 12.4 Å². The zero-order valence-electron chi connectivity index (χ0n) is 9.06. The fourth-order valence-corrected chi connectivity index (χ4v) is 4.98. The molecule has 0 saturated carbocycles. The third kappa shape index (κ3) is 3.48. The van der Waals surface area contributed by atoms with E-state index >= 15 is 0 Å². The van der Waals surface area contributed by atoms with E-state index in [1.807, 2.05) is 13.8 Å². The SMILES string of the molecule is COC(=O)[C@@H](NP1(=O)OCCS1)C(C)C. The fraction of sp³-hybridized carbons (Fsp3) is 0.875. The van der Waals surface area contributed by atoms with Crippen LogP contribution in [0.25, 0.3) is 0 Å². The molecule has 1 aliphatic rings. The molecular formula is C8H16NO4PS. The fourth-order valence-electron chi connectivity index (χ4n) is 1.20. The molecule has 1 saturated heterocycles. The summed E-state index contributed by atoms with van der Waals surface area (Å²) in [7, 11) is 1.32. The highest BCUT2D eigenvalue weighted by Gasteiger charge is 2.36. The van der Waals surface area contributed by atoms with Crippen LogP contribution in [0.2, 0.25) is 0 Å². The Bertz CT molecular complexity index is 274. The van der Waals surface area contributed by atoms with E-state index in [4.69, 9.17) is 4.52 Å². The smallest absolute Gasteiger partial charge is 0.327 e. The van der Waals surface area contributed by atoms with Crippen LogP contribution >= 0.6 is 18.1 Å². The highest BCUT2D eigenvalue weighted by atomic mass is 32.7. The second kappa shape index (κ2) is 5.34. The minimum absolute atomic E-state index is 0.00748.